The molecule has 25 heavy (non-hydrogen) atoms. The van der Waals surface area contributed by atoms with Gasteiger partial charge in [-0.15, -0.1) is 0 Å². The van der Waals surface area contributed by atoms with E-state index in [2.05, 4.69) is 45.4 Å². The lowest BCUT2D eigenvalue weighted by Gasteiger charge is -2.40. The smallest absolute Gasteiger partial charge is 0.222 e. The Morgan fingerprint density at radius 2 is 1.88 bits per heavy atom. The Balaban J connectivity index is 1.53. The molecule has 0 N–H and O–H groups in total. The van der Waals surface area contributed by atoms with Crippen molar-refractivity contribution in [3.05, 3.63) is 17.6 Å². The highest BCUT2D eigenvalue weighted by atomic mass is 16.2. The van der Waals surface area contributed by atoms with Crippen LogP contribution in [0.5, 0.6) is 0 Å². The Kier molecular flexibility index (Phi) is 5.57. The zero-order chi connectivity index (χ0) is 18.0. The first kappa shape index (κ1) is 18.1. The number of rotatable bonds is 4. The van der Waals surface area contributed by atoms with E-state index in [0.717, 1.165) is 57.2 Å². The summed E-state index contributed by atoms with van der Waals surface area (Å²) in [7, 11) is 0. The average Bonchev–Trinajstić information content (AvgIpc) is 2.60. The molecule has 1 unspecified atom stereocenters. The van der Waals surface area contributed by atoms with Crippen LogP contribution >= 0.6 is 0 Å². The summed E-state index contributed by atoms with van der Waals surface area (Å²) in [5, 5.41) is 0. The van der Waals surface area contributed by atoms with Gasteiger partial charge in [0.25, 0.3) is 0 Å². The molecular weight excluding hydrogens is 314 g/mol. The number of piperidine rings is 1. The molecule has 2 fully saturated rings. The van der Waals surface area contributed by atoms with Crippen LogP contribution < -0.4 is 4.90 Å². The summed E-state index contributed by atoms with van der Waals surface area (Å²) in [6.45, 7) is 14.6. The lowest BCUT2D eigenvalue weighted by Crippen LogP contribution is -2.51. The fourth-order valence-corrected chi connectivity index (χ4v) is 3.94. The van der Waals surface area contributed by atoms with Crippen LogP contribution in [0, 0.1) is 19.8 Å². The van der Waals surface area contributed by atoms with E-state index in [1.807, 2.05) is 6.92 Å². The number of piperazine rings is 1. The number of nitrogens with zero attached hydrogens (tertiary/aromatic N) is 5. The molecule has 0 saturated carbocycles. The number of anilines is 1. The van der Waals surface area contributed by atoms with E-state index < -0.39 is 0 Å². The molecule has 3 heterocycles. The fraction of sp³-hybridized carbons (Fsp3) is 0.737. The quantitative estimate of drug-likeness (QED) is 0.834. The standard InChI is InChI=1S/C19H31N5O/c1-14(2)24-12-17(5-6-18(24)25)11-22-7-9-23(10-8-22)19-15(3)16(4)20-13-21-19/h13-14,17H,5-12H2,1-4H3. The van der Waals surface area contributed by atoms with Crippen LogP contribution in [0.2, 0.25) is 0 Å². The number of aryl methyl sites for hydroxylation is 1. The minimum atomic E-state index is 0.316. The molecule has 1 atom stereocenters. The third-order valence-electron chi connectivity index (χ3n) is 5.66. The second-order valence-electron chi connectivity index (χ2n) is 7.74. The van der Waals surface area contributed by atoms with Crippen molar-refractivity contribution >= 4 is 11.7 Å². The van der Waals surface area contributed by atoms with Gasteiger partial charge in [-0.2, -0.15) is 0 Å². The van der Waals surface area contributed by atoms with E-state index in [4.69, 9.17) is 0 Å². The second kappa shape index (κ2) is 7.68. The number of likely N-dealkylation sites (tertiary alicyclic amines) is 1. The van der Waals surface area contributed by atoms with Gasteiger partial charge in [-0.05, 0) is 40.0 Å². The van der Waals surface area contributed by atoms with E-state index in [1.54, 1.807) is 6.33 Å². The topological polar surface area (TPSA) is 52.6 Å². The minimum absolute atomic E-state index is 0.316. The minimum Gasteiger partial charge on any atom is -0.354 e. The van der Waals surface area contributed by atoms with Crippen LogP contribution in [-0.4, -0.2) is 71.0 Å². The highest BCUT2D eigenvalue weighted by molar-refractivity contribution is 5.77. The van der Waals surface area contributed by atoms with Crippen molar-refractivity contribution in [2.75, 3.05) is 44.2 Å². The van der Waals surface area contributed by atoms with Crippen LogP contribution in [0.3, 0.4) is 0 Å². The number of hydrogen-bond donors (Lipinski definition) is 0. The van der Waals surface area contributed by atoms with E-state index >= 15 is 0 Å². The maximum atomic E-state index is 12.0. The first-order valence-electron chi connectivity index (χ1n) is 9.50. The van der Waals surface area contributed by atoms with Gasteiger partial charge in [-0.25, -0.2) is 9.97 Å². The molecular formula is C19H31N5O. The largest absolute Gasteiger partial charge is 0.354 e. The highest BCUT2D eigenvalue weighted by Gasteiger charge is 2.29. The Bertz CT molecular complexity index is 610. The maximum Gasteiger partial charge on any atom is 0.222 e. The van der Waals surface area contributed by atoms with Gasteiger partial charge in [-0.1, -0.05) is 0 Å². The normalized spacial score (nSPS) is 22.8. The summed E-state index contributed by atoms with van der Waals surface area (Å²) < 4.78 is 0. The average molecular weight is 345 g/mol. The van der Waals surface area contributed by atoms with Gasteiger partial charge in [0.1, 0.15) is 12.1 Å². The maximum absolute atomic E-state index is 12.0. The lowest BCUT2D eigenvalue weighted by molar-refractivity contribution is -0.137. The summed E-state index contributed by atoms with van der Waals surface area (Å²) in [6.07, 6.45) is 3.41. The molecule has 3 rings (SSSR count). The predicted octanol–water partition coefficient (Wildman–Crippen LogP) is 1.86. The molecule has 138 valence electrons. The fourth-order valence-electron chi connectivity index (χ4n) is 3.94. The number of amides is 1. The van der Waals surface area contributed by atoms with Gasteiger partial charge in [-0.3, -0.25) is 9.69 Å². The van der Waals surface area contributed by atoms with Crippen molar-refractivity contribution in [3.63, 3.8) is 0 Å². The molecule has 0 radical (unpaired) electrons. The van der Waals surface area contributed by atoms with Gasteiger partial charge in [0.2, 0.25) is 5.91 Å². The lowest BCUT2D eigenvalue weighted by atomic mass is 9.95. The van der Waals surface area contributed by atoms with Crippen LogP contribution in [0.4, 0.5) is 5.82 Å². The van der Waals surface area contributed by atoms with Gasteiger partial charge in [0.05, 0.1) is 0 Å². The summed E-state index contributed by atoms with van der Waals surface area (Å²) >= 11 is 0. The molecule has 0 aliphatic carbocycles. The van der Waals surface area contributed by atoms with E-state index in [1.165, 1.54) is 5.56 Å². The molecule has 2 saturated heterocycles. The van der Waals surface area contributed by atoms with Gasteiger partial charge >= 0.3 is 0 Å². The van der Waals surface area contributed by atoms with Crippen molar-refractivity contribution in [2.24, 2.45) is 5.92 Å². The Morgan fingerprint density at radius 1 is 1.16 bits per heavy atom. The van der Waals surface area contributed by atoms with Crippen LogP contribution in [0.25, 0.3) is 0 Å². The summed E-state index contributed by atoms with van der Waals surface area (Å²) in [4.78, 5) is 27.8. The molecule has 2 aliphatic rings. The Hall–Kier alpha value is -1.69. The molecule has 1 aromatic rings. The van der Waals surface area contributed by atoms with Crippen molar-refractivity contribution in [3.8, 4) is 0 Å². The van der Waals surface area contributed by atoms with Crippen LogP contribution in [-0.2, 0) is 4.79 Å². The molecule has 0 bridgehead atoms. The van der Waals surface area contributed by atoms with E-state index in [-0.39, 0.29) is 0 Å². The molecule has 0 aromatic carbocycles. The second-order valence-corrected chi connectivity index (χ2v) is 7.74. The third kappa shape index (κ3) is 4.11. The Morgan fingerprint density at radius 3 is 2.56 bits per heavy atom. The molecule has 1 amide bonds. The summed E-state index contributed by atoms with van der Waals surface area (Å²) in [6, 6.07) is 0.316. The van der Waals surface area contributed by atoms with E-state index in [0.29, 0.717) is 24.3 Å². The zero-order valence-corrected chi connectivity index (χ0v) is 16.0. The summed E-state index contributed by atoms with van der Waals surface area (Å²) in [5.74, 6) is 2.02. The highest BCUT2D eigenvalue weighted by Crippen LogP contribution is 2.23. The van der Waals surface area contributed by atoms with Gasteiger partial charge in [0, 0.05) is 63.0 Å². The van der Waals surface area contributed by atoms with Crippen LogP contribution in [0.15, 0.2) is 6.33 Å². The predicted molar refractivity (Wildman–Crippen MR) is 99.7 cm³/mol. The van der Waals surface area contributed by atoms with E-state index in [9.17, 15) is 4.79 Å². The van der Waals surface area contributed by atoms with Crippen molar-refractivity contribution in [1.82, 2.24) is 19.8 Å². The molecule has 2 aliphatic heterocycles. The molecule has 6 nitrogen and oxygen atoms in total. The third-order valence-corrected chi connectivity index (χ3v) is 5.66. The molecule has 0 spiro atoms. The first-order chi connectivity index (χ1) is 12.0. The van der Waals surface area contributed by atoms with Gasteiger partial charge < -0.3 is 9.80 Å². The zero-order valence-electron chi connectivity index (χ0n) is 16.0. The van der Waals surface area contributed by atoms with Crippen molar-refractivity contribution in [1.29, 1.82) is 0 Å². The number of carbonyl (C=O) groups excluding carboxylic acids is 1. The van der Waals surface area contributed by atoms with Gasteiger partial charge in [0.15, 0.2) is 0 Å². The van der Waals surface area contributed by atoms with Crippen molar-refractivity contribution < 1.29 is 4.79 Å². The number of carbonyl (C=O) groups is 1. The first-order valence-corrected chi connectivity index (χ1v) is 9.50. The number of aromatic nitrogens is 2. The van der Waals surface area contributed by atoms with Crippen LogP contribution in [0.1, 0.15) is 37.9 Å². The SMILES string of the molecule is Cc1ncnc(N2CCN(CC3CCC(=O)N(C(C)C)C3)CC2)c1C. The van der Waals surface area contributed by atoms with Crippen molar-refractivity contribution in [2.45, 2.75) is 46.6 Å². The summed E-state index contributed by atoms with van der Waals surface area (Å²) in [5.41, 5.74) is 2.25. The molecule has 1 aromatic heterocycles. The monoisotopic (exact) mass is 345 g/mol. The molecule has 6 heteroatoms. The number of hydrogen-bond acceptors (Lipinski definition) is 5. The Labute approximate surface area is 151 Å².